The molecule has 0 bridgehead atoms. The molecule has 3 aromatic heterocycles. The fraction of sp³-hybridized carbons (Fsp3) is 0.167. The van der Waals surface area contributed by atoms with E-state index in [9.17, 15) is 4.79 Å². The van der Waals surface area contributed by atoms with Gasteiger partial charge in [-0.1, -0.05) is 16.9 Å². The lowest BCUT2D eigenvalue weighted by Gasteiger charge is -2.00. The highest BCUT2D eigenvalue weighted by molar-refractivity contribution is 7.25. The number of hydrogen-bond donors (Lipinski definition) is 0. The van der Waals surface area contributed by atoms with Crippen LogP contribution in [0.15, 0.2) is 40.2 Å². The van der Waals surface area contributed by atoms with E-state index in [4.69, 9.17) is 4.74 Å². The van der Waals surface area contributed by atoms with Gasteiger partial charge in [-0.15, -0.1) is 16.4 Å². The Morgan fingerprint density at radius 2 is 2.12 bits per heavy atom. The van der Waals surface area contributed by atoms with Gasteiger partial charge in [0.05, 0.1) is 13.3 Å². The van der Waals surface area contributed by atoms with Gasteiger partial charge in [0.2, 0.25) is 0 Å². The average Bonchev–Trinajstić information content (AvgIpc) is 3.00. The minimum absolute atomic E-state index is 0.311. The Labute approximate surface area is 152 Å². The lowest BCUT2D eigenvalue weighted by atomic mass is 10.1. The molecule has 4 aromatic rings. The molecule has 26 heavy (non-hydrogen) atoms. The maximum absolute atomic E-state index is 12.7. The van der Waals surface area contributed by atoms with E-state index in [1.54, 1.807) is 13.3 Å². The summed E-state index contributed by atoms with van der Waals surface area (Å²) in [5, 5.41) is 13.2. The lowest BCUT2D eigenvalue weighted by molar-refractivity contribution is 0.414. The molecule has 1 aromatic carbocycles. The standard InChI is InChI=1S/C18H15N5O2S/c1-10-7-11(2)20-17-14(10)15-16(26-17)18(24)23(22-21-15)19-9-12-5-4-6-13(8-12)25-3/h4-9H,1-3H3/b19-9+. The van der Waals surface area contributed by atoms with Gasteiger partial charge in [-0.2, -0.15) is 5.10 Å². The van der Waals surface area contributed by atoms with Crippen LogP contribution < -0.4 is 10.3 Å². The zero-order chi connectivity index (χ0) is 18.3. The highest BCUT2D eigenvalue weighted by Crippen LogP contribution is 2.31. The molecular formula is C18H15N5O2S. The molecule has 0 spiro atoms. The molecule has 0 radical (unpaired) electrons. The van der Waals surface area contributed by atoms with Gasteiger partial charge in [0.1, 0.15) is 20.8 Å². The number of aromatic nitrogens is 4. The predicted octanol–water partition coefficient (Wildman–Crippen LogP) is 2.91. The van der Waals surface area contributed by atoms with Crippen LogP contribution in [-0.4, -0.2) is 33.4 Å². The van der Waals surface area contributed by atoms with Crippen LogP contribution in [0.5, 0.6) is 5.75 Å². The van der Waals surface area contributed by atoms with Crippen molar-refractivity contribution in [2.24, 2.45) is 5.10 Å². The maximum Gasteiger partial charge on any atom is 0.309 e. The van der Waals surface area contributed by atoms with Crippen LogP contribution in [0.3, 0.4) is 0 Å². The maximum atomic E-state index is 12.7. The van der Waals surface area contributed by atoms with E-state index < -0.39 is 0 Å². The van der Waals surface area contributed by atoms with Crippen LogP contribution >= 0.6 is 11.3 Å². The van der Waals surface area contributed by atoms with Gasteiger partial charge in [-0.25, -0.2) is 4.98 Å². The molecule has 130 valence electrons. The summed E-state index contributed by atoms with van der Waals surface area (Å²) < 4.78 is 5.68. The molecule has 8 heteroatoms. The summed E-state index contributed by atoms with van der Waals surface area (Å²) in [6, 6.07) is 9.33. The number of fused-ring (bicyclic) bond motifs is 3. The van der Waals surface area contributed by atoms with Crippen molar-refractivity contribution in [3.05, 3.63) is 57.5 Å². The highest BCUT2D eigenvalue weighted by atomic mass is 32.1. The number of aryl methyl sites for hydroxylation is 2. The van der Waals surface area contributed by atoms with Crippen LogP contribution in [0.1, 0.15) is 16.8 Å². The monoisotopic (exact) mass is 365 g/mol. The van der Waals surface area contributed by atoms with Crippen molar-refractivity contribution in [3.8, 4) is 5.75 Å². The van der Waals surface area contributed by atoms with Gasteiger partial charge in [0, 0.05) is 11.1 Å². The predicted molar refractivity (Wildman–Crippen MR) is 102 cm³/mol. The summed E-state index contributed by atoms with van der Waals surface area (Å²) in [6.45, 7) is 3.91. The first-order valence-corrected chi connectivity index (χ1v) is 8.73. The second kappa shape index (κ2) is 6.30. The van der Waals surface area contributed by atoms with Crippen molar-refractivity contribution in [3.63, 3.8) is 0 Å². The molecule has 0 saturated heterocycles. The molecule has 0 aliphatic heterocycles. The van der Waals surface area contributed by atoms with Crippen molar-refractivity contribution in [1.82, 2.24) is 20.1 Å². The minimum Gasteiger partial charge on any atom is -0.497 e. The van der Waals surface area contributed by atoms with Crippen LogP contribution in [-0.2, 0) is 0 Å². The number of rotatable bonds is 3. The van der Waals surface area contributed by atoms with E-state index in [1.165, 1.54) is 11.3 Å². The molecular weight excluding hydrogens is 350 g/mol. The van der Waals surface area contributed by atoms with Crippen LogP contribution in [0.25, 0.3) is 20.4 Å². The van der Waals surface area contributed by atoms with Gasteiger partial charge >= 0.3 is 5.56 Å². The van der Waals surface area contributed by atoms with Crippen molar-refractivity contribution in [1.29, 1.82) is 0 Å². The third-order valence-corrected chi connectivity index (χ3v) is 5.04. The molecule has 0 fully saturated rings. The van der Waals surface area contributed by atoms with Gasteiger partial charge in [-0.3, -0.25) is 4.79 Å². The Kier molecular flexibility index (Phi) is 3.96. The van der Waals surface area contributed by atoms with E-state index in [0.717, 1.165) is 31.8 Å². The van der Waals surface area contributed by atoms with Crippen molar-refractivity contribution >= 4 is 38.0 Å². The third-order valence-electron chi connectivity index (χ3n) is 3.98. The highest BCUT2D eigenvalue weighted by Gasteiger charge is 2.15. The number of ether oxygens (including phenoxy) is 1. The Morgan fingerprint density at radius 3 is 2.92 bits per heavy atom. The molecule has 0 saturated carbocycles. The zero-order valence-corrected chi connectivity index (χ0v) is 15.2. The normalized spacial score (nSPS) is 11.7. The smallest absolute Gasteiger partial charge is 0.309 e. The van der Waals surface area contributed by atoms with E-state index in [0.29, 0.717) is 16.0 Å². The number of benzene rings is 1. The van der Waals surface area contributed by atoms with Gasteiger partial charge in [-0.05, 0) is 48.4 Å². The summed E-state index contributed by atoms with van der Waals surface area (Å²) in [5.41, 5.74) is 3.00. The fourth-order valence-electron chi connectivity index (χ4n) is 2.80. The first-order valence-electron chi connectivity index (χ1n) is 7.91. The summed E-state index contributed by atoms with van der Waals surface area (Å²) in [7, 11) is 1.60. The second-order valence-corrected chi connectivity index (χ2v) is 6.84. The van der Waals surface area contributed by atoms with Gasteiger partial charge in [0.15, 0.2) is 0 Å². The Morgan fingerprint density at radius 1 is 1.27 bits per heavy atom. The van der Waals surface area contributed by atoms with Crippen molar-refractivity contribution in [2.45, 2.75) is 13.8 Å². The van der Waals surface area contributed by atoms with E-state index in [-0.39, 0.29) is 5.56 Å². The molecule has 0 aliphatic carbocycles. The van der Waals surface area contributed by atoms with Crippen molar-refractivity contribution < 1.29 is 4.74 Å². The largest absolute Gasteiger partial charge is 0.497 e. The molecule has 0 aliphatic rings. The molecule has 0 atom stereocenters. The summed E-state index contributed by atoms with van der Waals surface area (Å²) in [4.78, 5) is 19.0. The molecule has 7 nitrogen and oxygen atoms in total. The number of pyridine rings is 1. The fourth-order valence-corrected chi connectivity index (χ4v) is 3.95. The SMILES string of the molecule is COc1cccc(/C=N/n2nnc3c(sc4nc(C)cc(C)c43)c2=O)c1. The van der Waals surface area contributed by atoms with E-state index in [2.05, 4.69) is 20.4 Å². The molecule has 0 amide bonds. The Hall–Kier alpha value is -3.13. The summed E-state index contributed by atoms with van der Waals surface area (Å²) in [6.07, 6.45) is 1.55. The number of nitrogens with zero attached hydrogens (tertiary/aromatic N) is 5. The summed E-state index contributed by atoms with van der Waals surface area (Å²) >= 11 is 1.32. The quantitative estimate of drug-likeness (QED) is 0.521. The summed E-state index contributed by atoms with van der Waals surface area (Å²) in [5.74, 6) is 0.712. The van der Waals surface area contributed by atoms with Crippen LogP contribution in [0, 0.1) is 13.8 Å². The average molecular weight is 365 g/mol. The van der Waals surface area contributed by atoms with Crippen LogP contribution in [0.4, 0.5) is 0 Å². The third kappa shape index (κ3) is 2.74. The number of methoxy groups -OCH3 is 1. The lowest BCUT2D eigenvalue weighted by Crippen LogP contribution is -2.19. The molecule has 3 heterocycles. The zero-order valence-electron chi connectivity index (χ0n) is 14.4. The topological polar surface area (TPSA) is 82.3 Å². The van der Waals surface area contributed by atoms with E-state index in [1.807, 2.05) is 44.2 Å². The Balaban J connectivity index is 1.83. The minimum atomic E-state index is -0.311. The Bertz CT molecular complexity index is 1230. The molecule has 4 rings (SSSR count). The van der Waals surface area contributed by atoms with E-state index >= 15 is 0 Å². The number of hydrogen-bond acceptors (Lipinski definition) is 7. The molecule has 0 unspecified atom stereocenters. The van der Waals surface area contributed by atoms with Gasteiger partial charge in [0.25, 0.3) is 0 Å². The first kappa shape index (κ1) is 16.3. The second-order valence-electron chi connectivity index (χ2n) is 5.85. The number of thiophene rings is 1. The first-order chi connectivity index (χ1) is 12.6. The van der Waals surface area contributed by atoms with Crippen molar-refractivity contribution in [2.75, 3.05) is 7.11 Å². The molecule has 0 N–H and O–H groups in total. The van der Waals surface area contributed by atoms with Crippen LogP contribution in [0.2, 0.25) is 0 Å². The van der Waals surface area contributed by atoms with Gasteiger partial charge < -0.3 is 4.74 Å².